The first kappa shape index (κ1) is 24.6. The number of methoxy groups -OCH3 is 1. The Labute approximate surface area is 220 Å². The lowest BCUT2D eigenvalue weighted by Crippen LogP contribution is -2.54. The molecule has 9 N–H and O–H groups in total. The molecule has 2 aromatic carbocycles. The second-order valence-corrected chi connectivity index (χ2v) is 10.4. The van der Waals surface area contributed by atoms with Gasteiger partial charge in [-0.2, -0.15) is 15.0 Å². The van der Waals surface area contributed by atoms with Gasteiger partial charge in [-0.1, -0.05) is 18.2 Å². The molecule has 0 saturated carbocycles. The van der Waals surface area contributed by atoms with E-state index in [1.165, 1.54) is 0 Å². The number of furan rings is 1. The van der Waals surface area contributed by atoms with Crippen LogP contribution in [0.3, 0.4) is 0 Å². The van der Waals surface area contributed by atoms with E-state index >= 15 is 0 Å². The van der Waals surface area contributed by atoms with E-state index < -0.39 is 0 Å². The number of fused-ring (bicyclic) bond motifs is 3. The average Bonchev–Trinajstić information content (AvgIpc) is 3.24. The van der Waals surface area contributed by atoms with Gasteiger partial charge in [0, 0.05) is 67.2 Å². The number of anilines is 4. The number of para-hydroxylation sites is 1. The van der Waals surface area contributed by atoms with Crippen molar-refractivity contribution in [1.82, 2.24) is 15.0 Å². The molecule has 0 spiro atoms. The van der Waals surface area contributed by atoms with E-state index in [9.17, 15) is 0 Å². The molecule has 4 heterocycles. The first-order valence-electron chi connectivity index (χ1n) is 12.9. The van der Waals surface area contributed by atoms with Gasteiger partial charge in [-0.15, -0.1) is 0 Å². The number of nitrogens with two attached hydrogens (primary N) is 4. The number of nitrogens with one attached hydrogen (secondary N) is 1. The Morgan fingerprint density at radius 2 is 1.37 bits per heavy atom. The predicted molar refractivity (Wildman–Crippen MR) is 149 cm³/mol. The number of rotatable bonds is 5. The maximum absolute atomic E-state index is 6.28. The largest absolute Gasteiger partial charge is 0.495 e. The lowest BCUT2D eigenvalue weighted by Gasteiger charge is -2.37. The number of hydrogen-bond acceptors (Lipinski definition) is 12. The van der Waals surface area contributed by atoms with Crippen LogP contribution < -0.4 is 42.8 Å². The van der Waals surface area contributed by atoms with E-state index in [2.05, 4.69) is 5.32 Å². The molecule has 4 unspecified atom stereocenters. The fraction of sp³-hybridized carbons (Fsp3) is 0.423. The second kappa shape index (κ2) is 9.87. The molecule has 2 aliphatic heterocycles. The number of nitrogens with zero attached hydrogens (tertiary/aromatic N) is 5. The molecule has 0 bridgehead atoms. The highest BCUT2D eigenvalue weighted by molar-refractivity contribution is 6.06. The van der Waals surface area contributed by atoms with Gasteiger partial charge in [0.2, 0.25) is 17.8 Å². The van der Waals surface area contributed by atoms with Crippen molar-refractivity contribution in [3.8, 4) is 5.75 Å². The average molecular weight is 519 g/mol. The Kier molecular flexibility index (Phi) is 6.40. The highest BCUT2D eigenvalue weighted by Crippen LogP contribution is 2.37. The number of benzene rings is 2. The molecular weight excluding hydrogens is 484 g/mol. The lowest BCUT2D eigenvalue weighted by molar-refractivity contribution is 0.417. The Bertz CT molecular complexity index is 1390. The Hall–Kier alpha value is -3.71. The van der Waals surface area contributed by atoms with E-state index in [1.807, 2.05) is 46.2 Å². The van der Waals surface area contributed by atoms with E-state index in [0.29, 0.717) is 55.5 Å². The number of ether oxygens (including phenoxy) is 1. The van der Waals surface area contributed by atoms with Crippen molar-refractivity contribution < 1.29 is 9.15 Å². The normalized spacial score (nSPS) is 24.2. The molecule has 2 fully saturated rings. The summed E-state index contributed by atoms with van der Waals surface area (Å²) in [6, 6.07) is 11.5. The van der Waals surface area contributed by atoms with E-state index in [0.717, 1.165) is 34.8 Å². The molecule has 0 aliphatic carbocycles. The molecule has 2 aromatic heterocycles. The summed E-state index contributed by atoms with van der Waals surface area (Å²) in [5.41, 5.74) is 27.3. The minimum Gasteiger partial charge on any atom is -0.495 e. The minimum atomic E-state index is -0.0669. The van der Waals surface area contributed by atoms with Crippen LogP contribution in [-0.2, 0) is 0 Å². The summed E-state index contributed by atoms with van der Waals surface area (Å²) in [5, 5.41) is 5.32. The van der Waals surface area contributed by atoms with Crippen molar-refractivity contribution in [3.63, 3.8) is 0 Å². The van der Waals surface area contributed by atoms with Crippen LogP contribution >= 0.6 is 0 Å². The van der Waals surface area contributed by atoms with Gasteiger partial charge < -0.3 is 47.2 Å². The van der Waals surface area contributed by atoms with Crippen molar-refractivity contribution in [2.45, 2.75) is 37.0 Å². The van der Waals surface area contributed by atoms with Crippen molar-refractivity contribution in [3.05, 3.63) is 36.4 Å². The van der Waals surface area contributed by atoms with Crippen molar-refractivity contribution in [2.75, 3.05) is 48.4 Å². The summed E-state index contributed by atoms with van der Waals surface area (Å²) in [6.45, 7) is 2.40. The quantitative estimate of drug-likeness (QED) is 0.255. The SMILES string of the molecule is COc1cc2c(cc1Nc1nc(N3CC(N)CC(N)C3)nc(N3CC(N)CC(N)C3)n1)oc1ccccc12. The number of aromatic nitrogens is 3. The van der Waals surface area contributed by atoms with Crippen molar-refractivity contribution in [2.24, 2.45) is 22.9 Å². The van der Waals surface area contributed by atoms with Gasteiger partial charge in [-0.3, -0.25) is 0 Å². The van der Waals surface area contributed by atoms with Crippen molar-refractivity contribution in [1.29, 1.82) is 0 Å². The summed E-state index contributed by atoms with van der Waals surface area (Å²) < 4.78 is 11.8. The number of piperidine rings is 2. The highest BCUT2D eigenvalue weighted by Gasteiger charge is 2.29. The van der Waals surface area contributed by atoms with Gasteiger partial charge in [0.15, 0.2) is 0 Å². The summed E-state index contributed by atoms with van der Waals surface area (Å²) in [6.07, 6.45) is 1.51. The maximum atomic E-state index is 6.28. The van der Waals surface area contributed by atoms with Crippen LogP contribution in [0.5, 0.6) is 5.75 Å². The lowest BCUT2D eigenvalue weighted by atomic mass is 10.0. The molecule has 12 nitrogen and oxygen atoms in total. The van der Waals surface area contributed by atoms with E-state index in [1.54, 1.807) is 7.11 Å². The van der Waals surface area contributed by atoms with E-state index in [-0.39, 0.29) is 24.2 Å². The molecule has 4 atom stereocenters. The third kappa shape index (κ3) is 4.78. The number of hydrogen-bond donors (Lipinski definition) is 5. The summed E-state index contributed by atoms with van der Waals surface area (Å²) in [5.74, 6) is 2.00. The van der Waals surface area contributed by atoms with Crippen LogP contribution in [0.15, 0.2) is 40.8 Å². The third-order valence-electron chi connectivity index (χ3n) is 7.15. The monoisotopic (exact) mass is 518 g/mol. The predicted octanol–water partition coefficient (Wildman–Crippen LogP) is 1.25. The van der Waals surface area contributed by atoms with Crippen LogP contribution in [0.25, 0.3) is 21.9 Å². The second-order valence-electron chi connectivity index (χ2n) is 10.4. The topological polar surface area (TPSA) is 184 Å². The van der Waals surface area contributed by atoms with Gasteiger partial charge in [-0.25, -0.2) is 0 Å². The summed E-state index contributed by atoms with van der Waals surface area (Å²) in [4.78, 5) is 18.3. The van der Waals surface area contributed by atoms with Crippen molar-refractivity contribution >= 4 is 45.5 Å². The summed E-state index contributed by atoms with van der Waals surface area (Å²) in [7, 11) is 1.63. The van der Waals surface area contributed by atoms with Gasteiger partial charge in [0.1, 0.15) is 16.9 Å². The molecule has 2 saturated heterocycles. The molecule has 38 heavy (non-hydrogen) atoms. The minimum absolute atomic E-state index is 0.0669. The molecule has 0 radical (unpaired) electrons. The molecule has 2 aliphatic rings. The zero-order valence-corrected chi connectivity index (χ0v) is 21.4. The first-order chi connectivity index (χ1) is 18.4. The molecule has 6 rings (SSSR count). The third-order valence-corrected chi connectivity index (χ3v) is 7.15. The molecular formula is C26H34N10O2. The molecule has 200 valence electrons. The fourth-order valence-electron chi connectivity index (χ4n) is 5.51. The maximum Gasteiger partial charge on any atom is 0.233 e. The Balaban J connectivity index is 1.41. The first-order valence-corrected chi connectivity index (χ1v) is 12.9. The molecule has 0 amide bonds. The Morgan fingerprint density at radius 1 is 0.789 bits per heavy atom. The van der Waals surface area contributed by atoms with Gasteiger partial charge in [-0.05, 0) is 25.0 Å². The van der Waals surface area contributed by atoms with Crippen LogP contribution in [0.4, 0.5) is 23.5 Å². The molecule has 12 heteroatoms. The smallest absolute Gasteiger partial charge is 0.233 e. The van der Waals surface area contributed by atoms with Gasteiger partial charge >= 0.3 is 0 Å². The standard InChI is InChI=1S/C26H34N10O2/c1-37-23-8-19-18-4-2-3-5-21(18)38-22(19)9-20(23)31-24-32-25(35-10-14(27)6-15(28)11-35)34-26(33-24)36-12-16(29)7-17(30)13-36/h2-5,8-9,14-17H,6-7,10-13,27-30H2,1H3,(H,31,32,33,34). The molecule has 4 aromatic rings. The van der Waals surface area contributed by atoms with Crippen LogP contribution in [0.2, 0.25) is 0 Å². The van der Waals surface area contributed by atoms with Crippen LogP contribution in [0.1, 0.15) is 12.8 Å². The van der Waals surface area contributed by atoms with Crippen LogP contribution in [0, 0.1) is 0 Å². The Morgan fingerprint density at radius 3 is 1.95 bits per heavy atom. The highest BCUT2D eigenvalue weighted by atomic mass is 16.5. The summed E-state index contributed by atoms with van der Waals surface area (Å²) >= 11 is 0. The zero-order valence-electron chi connectivity index (χ0n) is 21.4. The van der Waals surface area contributed by atoms with Crippen LogP contribution in [-0.4, -0.2) is 72.4 Å². The van der Waals surface area contributed by atoms with Gasteiger partial charge in [0.05, 0.1) is 12.8 Å². The fourth-order valence-corrected chi connectivity index (χ4v) is 5.51. The zero-order chi connectivity index (χ0) is 26.4. The van der Waals surface area contributed by atoms with Gasteiger partial charge in [0.25, 0.3) is 0 Å². The van der Waals surface area contributed by atoms with E-state index in [4.69, 9.17) is 47.0 Å².